The molecule has 3 atom stereocenters. The number of aliphatic hydroxyl groups is 1. The maximum absolute atomic E-state index is 12.8. The molecule has 1 amide bonds. The van der Waals surface area contributed by atoms with Crippen LogP contribution in [0.15, 0.2) is 60.8 Å². The van der Waals surface area contributed by atoms with Crippen LogP contribution >= 0.6 is 7.82 Å². The Morgan fingerprint density at radius 1 is 0.692 bits per heavy atom. The lowest BCUT2D eigenvalue weighted by Gasteiger charge is -2.29. The van der Waals surface area contributed by atoms with Crippen LogP contribution in [0.2, 0.25) is 0 Å². The number of likely N-dealkylation sites (N-methyl/N-ethyl adjacent to an activating group) is 1. The molecule has 0 fully saturated rings. The molecule has 0 rings (SSSR count). The Labute approximate surface area is 320 Å². The van der Waals surface area contributed by atoms with Crippen LogP contribution in [0.3, 0.4) is 0 Å². The van der Waals surface area contributed by atoms with Crippen LogP contribution in [0.5, 0.6) is 0 Å². The van der Waals surface area contributed by atoms with Crippen molar-refractivity contribution in [1.29, 1.82) is 0 Å². The quantitative estimate of drug-likeness (QED) is 0.0286. The monoisotopic (exact) mass is 751 g/mol. The Morgan fingerprint density at radius 2 is 1.17 bits per heavy atom. The Balaban J connectivity index is 4.54. The molecule has 0 radical (unpaired) electrons. The van der Waals surface area contributed by atoms with Gasteiger partial charge in [-0.25, -0.2) is 0 Å². The molecule has 3 unspecified atom stereocenters. The van der Waals surface area contributed by atoms with Crippen LogP contribution in [0.4, 0.5) is 0 Å². The molecule has 8 nitrogen and oxygen atoms in total. The first kappa shape index (κ1) is 50.2. The number of hydrogen-bond acceptors (Lipinski definition) is 6. The van der Waals surface area contributed by atoms with Gasteiger partial charge in [-0.2, -0.15) is 0 Å². The zero-order chi connectivity index (χ0) is 38.6. The van der Waals surface area contributed by atoms with Gasteiger partial charge in [0, 0.05) is 6.42 Å². The molecule has 52 heavy (non-hydrogen) atoms. The number of unbranched alkanes of at least 4 members (excludes halogenated alkanes) is 15. The SMILES string of the molecule is CC/C=C\C/C=C\C/C=C\C/C=C\CCCCCCC(=O)NC(COP(=O)([O-])OCC[N+](C)(C)C)C(O)/C=C/CCCCCCCCCCCCC. The molecule has 0 heterocycles. The van der Waals surface area contributed by atoms with E-state index in [0.29, 0.717) is 17.4 Å². The van der Waals surface area contributed by atoms with E-state index < -0.39 is 26.6 Å². The number of allylic oxidation sites excluding steroid dienone is 9. The van der Waals surface area contributed by atoms with Gasteiger partial charge in [0.05, 0.1) is 39.9 Å². The number of quaternary nitrogens is 1. The molecule has 0 aliphatic heterocycles. The third-order valence-electron chi connectivity index (χ3n) is 8.73. The highest BCUT2D eigenvalue weighted by atomic mass is 31.2. The van der Waals surface area contributed by atoms with Crippen molar-refractivity contribution in [3.8, 4) is 0 Å². The van der Waals surface area contributed by atoms with E-state index in [1.54, 1.807) is 6.08 Å². The highest BCUT2D eigenvalue weighted by molar-refractivity contribution is 7.45. The molecule has 0 spiro atoms. The standard InChI is InChI=1S/C43H79N2O6P/c1-6-8-10-12-14-16-18-20-21-22-23-25-27-29-31-33-35-37-43(47)44-41(40-51-52(48,49)50-39-38-45(3,4)5)42(46)36-34-32-30-28-26-24-19-17-15-13-11-9-7-2/h8,10,14,16,20-21,23,25,34,36,41-42,46H,6-7,9,11-13,15,17-19,22,24,26-33,35,37-40H2,1-5H3,(H-,44,47,48,49)/b10-8-,16-14-,21-20-,25-23-,36-34+. The number of rotatable bonds is 36. The molecule has 0 saturated heterocycles. The predicted octanol–water partition coefficient (Wildman–Crippen LogP) is 10.4. The summed E-state index contributed by atoms with van der Waals surface area (Å²) in [5.41, 5.74) is 0. The zero-order valence-electron chi connectivity index (χ0n) is 34.0. The fraction of sp³-hybridized carbons (Fsp3) is 0.744. The molecule has 302 valence electrons. The van der Waals surface area contributed by atoms with E-state index >= 15 is 0 Å². The first-order valence-corrected chi connectivity index (χ1v) is 22.1. The van der Waals surface area contributed by atoms with Gasteiger partial charge in [-0.15, -0.1) is 0 Å². The summed E-state index contributed by atoms with van der Waals surface area (Å²) < 4.78 is 23.1. The summed E-state index contributed by atoms with van der Waals surface area (Å²) in [6.45, 7) is 4.48. The molecule has 0 aromatic heterocycles. The summed E-state index contributed by atoms with van der Waals surface area (Å²) in [5.74, 6) is -0.225. The summed E-state index contributed by atoms with van der Waals surface area (Å²) in [5, 5.41) is 13.7. The van der Waals surface area contributed by atoms with E-state index in [2.05, 4.69) is 67.8 Å². The second-order valence-corrected chi connectivity index (χ2v) is 16.4. The minimum atomic E-state index is -4.59. The van der Waals surface area contributed by atoms with Gasteiger partial charge in [0.25, 0.3) is 7.82 Å². The average Bonchev–Trinajstić information content (AvgIpc) is 3.09. The van der Waals surface area contributed by atoms with Crippen molar-refractivity contribution >= 4 is 13.7 Å². The number of aliphatic hydroxyl groups excluding tert-OH is 1. The number of amides is 1. The van der Waals surface area contributed by atoms with Crippen LogP contribution in [-0.4, -0.2) is 68.5 Å². The van der Waals surface area contributed by atoms with Gasteiger partial charge in [0.1, 0.15) is 13.2 Å². The summed E-state index contributed by atoms with van der Waals surface area (Å²) in [6, 6.07) is -0.900. The second kappa shape index (κ2) is 34.9. The minimum absolute atomic E-state index is 0.00893. The van der Waals surface area contributed by atoms with E-state index in [1.165, 1.54) is 57.8 Å². The normalized spacial score (nSPS) is 15.1. The lowest BCUT2D eigenvalue weighted by atomic mass is 10.0. The third kappa shape index (κ3) is 36.6. The highest BCUT2D eigenvalue weighted by Crippen LogP contribution is 2.38. The van der Waals surface area contributed by atoms with Crippen molar-refractivity contribution in [3.63, 3.8) is 0 Å². The number of nitrogens with zero attached hydrogens (tertiary/aromatic N) is 1. The Bertz CT molecular complexity index is 1030. The number of phosphoric acid groups is 1. The van der Waals surface area contributed by atoms with Gasteiger partial charge < -0.3 is 28.8 Å². The van der Waals surface area contributed by atoms with Crippen LogP contribution in [-0.2, 0) is 18.4 Å². The lowest BCUT2D eigenvalue weighted by molar-refractivity contribution is -0.870. The Hall–Kier alpha value is -1.80. The number of hydrogen-bond donors (Lipinski definition) is 2. The van der Waals surface area contributed by atoms with Gasteiger partial charge in [-0.3, -0.25) is 9.36 Å². The largest absolute Gasteiger partial charge is 0.756 e. The number of carbonyl (C=O) groups is 1. The van der Waals surface area contributed by atoms with Gasteiger partial charge in [-0.05, 0) is 57.8 Å². The molecule has 0 bridgehead atoms. The summed E-state index contributed by atoms with van der Waals surface area (Å²) in [7, 11) is 1.23. The fourth-order valence-corrected chi connectivity index (χ4v) is 6.16. The molecule has 9 heteroatoms. The van der Waals surface area contributed by atoms with Crippen molar-refractivity contribution in [2.24, 2.45) is 0 Å². The van der Waals surface area contributed by atoms with Crippen molar-refractivity contribution < 1.29 is 32.9 Å². The molecular formula is C43H79N2O6P. The fourth-order valence-electron chi connectivity index (χ4n) is 5.43. The Morgan fingerprint density at radius 3 is 1.71 bits per heavy atom. The molecule has 0 aliphatic carbocycles. The molecule has 0 aromatic rings. The summed E-state index contributed by atoms with van der Waals surface area (Å²) >= 11 is 0. The average molecular weight is 751 g/mol. The van der Waals surface area contributed by atoms with E-state index in [0.717, 1.165) is 77.0 Å². The molecule has 0 aliphatic rings. The third-order valence-corrected chi connectivity index (χ3v) is 9.70. The molecular weight excluding hydrogens is 671 g/mol. The van der Waals surface area contributed by atoms with E-state index in [4.69, 9.17) is 9.05 Å². The smallest absolute Gasteiger partial charge is 0.268 e. The maximum Gasteiger partial charge on any atom is 0.268 e. The summed E-state index contributed by atoms with van der Waals surface area (Å²) in [4.78, 5) is 25.2. The van der Waals surface area contributed by atoms with Crippen LogP contribution in [0.1, 0.15) is 155 Å². The van der Waals surface area contributed by atoms with Crippen molar-refractivity contribution in [2.45, 2.75) is 167 Å². The topological polar surface area (TPSA) is 108 Å². The predicted molar refractivity (Wildman–Crippen MR) is 219 cm³/mol. The maximum atomic E-state index is 12.8. The van der Waals surface area contributed by atoms with Crippen molar-refractivity contribution in [3.05, 3.63) is 60.8 Å². The summed E-state index contributed by atoms with van der Waals surface area (Å²) in [6.07, 6.45) is 44.0. The molecule has 0 aromatic carbocycles. The number of phosphoric ester groups is 1. The first-order valence-electron chi connectivity index (χ1n) is 20.7. The van der Waals surface area contributed by atoms with Gasteiger partial charge in [0.2, 0.25) is 5.91 Å². The van der Waals surface area contributed by atoms with Crippen molar-refractivity contribution in [1.82, 2.24) is 5.32 Å². The number of carbonyl (C=O) groups excluding carboxylic acids is 1. The van der Waals surface area contributed by atoms with Gasteiger partial charge in [-0.1, -0.05) is 152 Å². The van der Waals surface area contributed by atoms with E-state index in [1.807, 2.05) is 27.2 Å². The van der Waals surface area contributed by atoms with Crippen LogP contribution < -0.4 is 10.2 Å². The van der Waals surface area contributed by atoms with Crippen LogP contribution in [0, 0.1) is 0 Å². The Kier molecular flexibility index (Phi) is 33.7. The lowest BCUT2D eigenvalue weighted by Crippen LogP contribution is -2.45. The van der Waals surface area contributed by atoms with Crippen LogP contribution in [0.25, 0.3) is 0 Å². The first-order chi connectivity index (χ1) is 25.0. The van der Waals surface area contributed by atoms with Gasteiger partial charge >= 0.3 is 0 Å². The second-order valence-electron chi connectivity index (χ2n) is 15.0. The van der Waals surface area contributed by atoms with Crippen molar-refractivity contribution in [2.75, 3.05) is 40.9 Å². The molecule has 0 saturated carbocycles. The molecule has 2 N–H and O–H groups in total. The zero-order valence-corrected chi connectivity index (χ0v) is 34.9. The minimum Gasteiger partial charge on any atom is -0.756 e. The highest BCUT2D eigenvalue weighted by Gasteiger charge is 2.23. The van der Waals surface area contributed by atoms with Gasteiger partial charge in [0.15, 0.2) is 0 Å². The number of nitrogens with one attached hydrogen (secondary N) is 1. The van der Waals surface area contributed by atoms with E-state index in [-0.39, 0.29) is 12.5 Å². The van der Waals surface area contributed by atoms with E-state index in [9.17, 15) is 19.4 Å².